The summed E-state index contributed by atoms with van der Waals surface area (Å²) in [5.41, 5.74) is -1.39. The molecule has 11 heteroatoms. The second-order valence-electron chi connectivity index (χ2n) is 5.44. The minimum Gasteiger partial charge on any atom is -0.230 e. The number of sulfonamides is 1. The van der Waals surface area contributed by atoms with E-state index in [1.165, 1.54) is 48.5 Å². The van der Waals surface area contributed by atoms with E-state index in [2.05, 4.69) is 5.10 Å². The molecule has 3 aromatic rings. The van der Waals surface area contributed by atoms with Gasteiger partial charge in [0.15, 0.2) is 5.69 Å². The Morgan fingerprint density at radius 3 is 2.15 bits per heavy atom. The van der Waals surface area contributed by atoms with Gasteiger partial charge >= 0.3 is 6.18 Å². The first-order chi connectivity index (χ1) is 12.5. The molecule has 0 aliphatic carbocycles. The highest BCUT2D eigenvalue weighted by molar-refractivity contribution is 7.89. The Morgan fingerprint density at radius 2 is 1.59 bits per heavy atom. The zero-order chi connectivity index (χ0) is 20.0. The third-order valence-corrected chi connectivity index (χ3v) is 5.18. The monoisotopic (exact) mass is 435 g/mol. The molecule has 142 valence electrons. The van der Waals surface area contributed by atoms with Crippen LogP contribution >= 0.6 is 23.2 Å². The number of hydrogen-bond acceptors (Lipinski definition) is 3. The van der Waals surface area contributed by atoms with E-state index in [1.54, 1.807) is 0 Å². The lowest BCUT2D eigenvalue weighted by Crippen LogP contribution is -2.16. The van der Waals surface area contributed by atoms with Crippen molar-refractivity contribution >= 4 is 33.2 Å². The lowest BCUT2D eigenvalue weighted by molar-refractivity contribution is -0.141. The van der Waals surface area contributed by atoms with Gasteiger partial charge in [0.25, 0.3) is 0 Å². The summed E-state index contributed by atoms with van der Waals surface area (Å²) in [7, 11) is -4.23. The van der Waals surface area contributed by atoms with Crippen LogP contribution in [0.4, 0.5) is 13.2 Å². The summed E-state index contributed by atoms with van der Waals surface area (Å²) in [5, 5.41) is 8.41. The molecule has 0 unspecified atom stereocenters. The lowest BCUT2D eigenvalue weighted by atomic mass is 10.1. The fraction of sp³-hybridized carbons (Fsp3) is 0.0625. The van der Waals surface area contributed by atoms with Gasteiger partial charge in [-0.1, -0.05) is 47.5 Å². The first kappa shape index (κ1) is 19.7. The predicted molar refractivity (Wildman–Crippen MR) is 95.4 cm³/mol. The highest BCUT2D eigenvalue weighted by Crippen LogP contribution is 2.41. The number of hydrogen-bond donors (Lipinski definition) is 1. The zero-order valence-electron chi connectivity index (χ0n) is 13.2. The molecule has 2 N–H and O–H groups in total. The lowest BCUT2D eigenvalue weighted by Gasteiger charge is -2.11. The molecule has 1 aromatic heterocycles. The van der Waals surface area contributed by atoms with Crippen LogP contribution in [-0.4, -0.2) is 18.2 Å². The highest BCUT2D eigenvalue weighted by Gasteiger charge is 2.39. The molecule has 0 amide bonds. The number of nitrogens with two attached hydrogens (primary N) is 1. The Bertz CT molecular complexity index is 1110. The summed E-state index contributed by atoms with van der Waals surface area (Å²) < 4.78 is 64.6. The molecule has 0 fully saturated rings. The van der Waals surface area contributed by atoms with Crippen LogP contribution in [0.3, 0.4) is 0 Å². The maximum atomic E-state index is 13.3. The van der Waals surface area contributed by atoms with Gasteiger partial charge in [-0.15, -0.1) is 0 Å². The number of primary sulfonamides is 1. The number of rotatable bonds is 3. The quantitative estimate of drug-likeness (QED) is 0.656. The summed E-state index contributed by atoms with van der Waals surface area (Å²) in [4.78, 5) is -0.395. The number of benzene rings is 2. The second kappa shape index (κ2) is 6.83. The average molecular weight is 436 g/mol. The first-order valence-corrected chi connectivity index (χ1v) is 9.54. The largest absolute Gasteiger partial charge is 0.436 e. The molecular formula is C16H10Cl2F3N3O2S. The van der Waals surface area contributed by atoms with Crippen molar-refractivity contribution in [2.45, 2.75) is 11.1 Å². The second-order valence-corrected chi connectivity index (χ2v) is 7.78. The van der Waals surface area contributed by atoms with Crippen molar-refractivity contribution in [3.63, 3.8) is 0 Å². The number of halogens is 5. The Kier molecular flexibility index (Phi) is 4.98. The minimum atomic E-state index is -4.85. The molecule has 2 aromatic carbocycles. The normalized spacial score (nSPS) is 12.4. The van der Waals surface area contributed by atoms with Gasteiger partial charge in [0.05, 0.1) is 16.4 Å². The highest BCUT2D eigenvalue weighted by atomic mass is 35.5. The standard InChI is InChI=1S/C16H10Cl2F3N3O2S/c17-10-7-5-9(6-8-10)14-13(18)15(16(19,20)21)23-24(14)11-3-1-2-4-12(11)27(22,25)26/h1-8H,(H2,22,25,26). The summed E-state index contributed by atoms with van der Waals surface area (Å²) in [6.07, 6.45) is -4.85. The summed E-state index contributed by atoms with van der Waals surface area (Å²) >= 11 is 11.8. The van der Waals surface area contributed by atoms with Crippen molar-refractivity contribution < 1.29 is 21.6 Å². The molecule has 3 rings (SSSR count). The Hall–Kier alpha value is -2.07. The van der Waals surface area contributed by atoms with E-state index < -0.39 is 31.8 Å². The molecule has 0 bridgehead atoms. The fourth-order valence-corrected chi connectivity index (χ4v) is 3.66. The summed E-state index contributed by atoms with van der Waals surface area (Å²) in [6.45, 7) is 0. The van der Waals surface area contributed by atoms with Crippen LogP contribution in [0.2, 0.25) is 10.0 Å². The van der Waals surface area contributed by atoms with Gasteiger partial charge < -0.3 is 0 Å². The Morgan fingerprint density at radius 1 is 1.00 bits per heavy atom. The molecule has 0 aliphatic heterocycles. The Labute approximate surface area is 162 Å². The van der Waals surface area contributed by atoms with Gasteiger partial charge in [-0.25, -0.2) is 18.2 Å². The maximum Gasteiger partial charge on any atom is 0.436 e. The van der Waals surface area contributed by atoms with Crippen LogP contribution < -0.4 is 5.14 Å². The third kappa shape index (κ3) is 3.81. The number of para-hydroxylation sites is 1. The van der Waals surface area contributed by atoms with Crippen LogP contribution in [0.15, 0.2) is 53.4 Å². The van der Waals surface area contributed by atoms with Gasteiger partial charge in [0.2, 0.25) is 10.0 Å². The van der Waals surface area contributed by atoms with Gasteiger partial charge in [-0.2, -0.15) is 18.3 Å². The van der Waals surface area contributed by atoms with Gasteiger partial charge in [-0.3, -0.25) is 0 Å². The molecule has 0 aliphatic rings. The smallest absolute Gasteiger partial charge is 0.230 e. The van der Waals surface area contributed by atoms with E-state index in [0.29, 0.717) is 5.02 Å². The van der Waals surface area contributed by atoms with Crippen molar-refractivity contribution in [3.8, 4) is 16.9 Å². The number of aromatic nitrogens is 2. The molecule has 0 radical (unpaired) electrons. The predicted octanol–water partition coefficient (Wildman–Crippen LogP) is 4.51. The van der Waals surface area contributed by atoms with E-state index in [0.717, 1.165) is 4.68 Å². The topological polar surface area (TPSA) is 78.0 Å². The Balaban J connectivity index is 2.39. The molecular weight excluding hydrogens is 426 g/mol. The number of nitrogens with zero attached hydrogens (tertiary/aromatic N) is 2. The number of alkyl halides is 3. The van der Waals surface area contributed by atoms with Crippen molar-refractivity contribution in [1.29, 1.82) is 0 Å². The van der Waals surface area contributed by atoms with Crippen LogP contribution in [0.25, 0.3) is 16.9 Å². The van der Waals surface area contributed by atoms with E-state index >= 15 is 0 Å². The zero-order valence-corrected chi connectivity index (χ0v) is 15.5. The molecule has 27 heavy (non-hydrogen) atoms. The summed E-state index contributed by atoms with van der Waals surface area (Å²) in [5.74, 6) is 0. The van der Waals surface area contributed by atoms with E-state index in [1.807, 2.05) is 0 Å². The molecule has 1 heterocycles. The van der Waals surface area contributed by atoms with E-state index in [4.69, 9.17) is 28.3 Å². The molecule has 5 nitrogen and oxygen atoms in total. The van der Waals surface area contributed by atoms with Crippen molar-refractivity contribution in [3.05, 3.63) is 64.3 Å². The van der Waals surface area contributed by atoms with Gasteiger partial charge in [-0.05, 0) is 24.3 Å². The SMILES string of the molecule is NS(=O)(=O)c1ccccc1-n1nc(C(F)(F)F)c(Cl)c1-c1ccc(Cl)cc1. The van der Waals surface area contributed by atoms with Gasteiger partial charge in [0.1, 0.15) is 4.90 Å². The van der Waals surface area contributed by atoms with Crippen LogP contribution in [-0.2, 0) is 16.2 Å². The van der Waals surface area contributed by atoms with Crippen LogP contribution in [0.5, 0.6) is 0 Å². The third-order valence-electron chi connectivity index (χ3n) is 3.61. The first-order valence-electron chi connectivity index (χ1n) is 7.24. The van der Waals surface area contributed by atoms with Crippen LogP contribution in [0.1, 0.15) is 5.69 Å². The summed E-state index contributed by atoms with van der Waals surface area (Å²) in [6, 6.07) is 11.1. The van der Waals surface area contributed by atoms with Gasteiger partial charge in [0, 0.05) is 10.6 Å². The average Bonchev–Trinajstić information content (AvgIpc) is 2.92. The molecule has 0 saturated heterocycles. The van der Waals surface area contributed by atoms with Crippen LogP contribution in [0, 0.1) is 0 Å². The van der Waals surface area contributed by atoms with Crippen molar-refractivity contribution in [2.75, 3.05) is 0 Å². The fourth-order valence-electron chi connectivity index (χ4n) is 2.48. The maximum absolute atomic E-state index is 13.3. The molecule has 0 spiro atoms. The van der Waals surface area contributed by atoms with Crippen molar-refractivity contribution in [2.24, 2.45) is 5.14 Å². The molecule has 0 saturated carbocycles. The van der Waals surface area contributed by atoms with E-state index in [9.17, 15) is 21.6 Å². The van der Waals surface area contributed by atoms with Crippen molar-refractivity contribution in [1.82, 2.24) is 9.78 Å². The minimum absolute atomic E-state index is 0.142. The van der Waals surface area contributed by atoms with E-state index in [-0.39, 0.29) is 16.9 Å². The molecule has 0 atom stereocenters.